The first kappa shape index (κ1) is 21.7. The van der Waals surface area contributed by atoms with Gasteiger partial charge in [-0.1, -0.05) is 47.5 Å². The molecule has 8 heteroatoms. The summed E-state index contributed by atoms with van der Waals surface area (Å²) in [6.45, 7) is 2.19. The highest BCUT2D eigenvalue weighted by Gasteiger charge is 2.38. The van der Waals surface area contributed by atoms with Gasteiger partial charge in [-0.15, -0.1) is 0 Å². The molecule has 33 heavy (non-hydrogen) atoms. The number of hydrogen-bond acceptors (Lipinski definition) is 4. The molecule has 0 radical (unpaired) electrons. The molecule has 2 heterocycles. The molecular formula is C25H22ClN3O3S. The second kappa shape index (κ2) is 8.32. The minimum Gasteiger partial charge on any atom is -0.273 e. The van der Waals surface area contributed by atoms with Crippen LogP contribution in [0.5, 0.6) is 0 Å². The molecule has 0 fully saturated rings. The summed E-state index contributed by atoms with van der Waals surface area (Å²) in [5, 5.41) is 6.69. The predicted molar refractivity (Wildman–Crippen MR) is 130 cm³/mol. The summed E-state index contributed by atoms with van der Waals surface area (Å²) in [6.07, 6.45) is 0.757. The highest BCUT2D eigenvalue weighted by Crippen LogP contribution is 2.37. The number of fused-ring (bicyclic) bond motifs is 3. The molecular weight excluding hydrogens is 458 g/mol. The number of benzene rings is 3. The first-order chi connectivity index (χ1) is 15.8. The number of halogens is 1. The highest BCUT2D eigenvalue weighted by atomic mass is 35.5. The van der Waals surface area contributed by atoms with E-state index < -0.39 is 10.0 Å². The lowest BCUT2D eigenvalue weighted by molar-refractivity contribution is -0.119. The average Bonchev–Trinajstić information content (AvgIpc) is 2.96. The van der Waals surface area contributed by atoms with Crippen molar-refractivity contribution in [2.75, 3.05) is 15.9 Å². The molecule has 0 N–H and O–H groups in total. The van der Waals surface area contributed by atoms with Crippen LogP contribution in [0.4, 0.5) is 11.4 Å². The number of hydrazone groups is 1. The number of carbonyl (C=O) groups excluding carboxylic acids is 1. The van der Waals surface area contributed by atoms with Gasteiger partial charge in [0.25, 0.3) is 10.0 Å². The third-order valence-electron chi connectivity index (χ3n) is 6.06. The molecule has 1 amide bonds. The van der Waals surface area contributed by atoms with Gasteiger partial charge in [-0.05, 0) is 55.8 Å². The zero-order valence-corrected chi connectivity index (χ0v) is 19.6. The van der Waals surface area contributed by atoms with Crippen LogP contribution in [0.15, 0.2) is 82.8 Å². The summed E-state index contributed by atoms with van der Waals surface area (Å²) in [4.78, 5) is 13.2. The summed E-state index contributed by atoms with van der Waals surface area (Å²) in [7, 11) is -3.78. The van der Waals surface area contributed by atoms with Gasteiger partial charge in [0, 0.05) is 29.5 Å². The van der Waals surface area contributed by atoms with Gasteiger partial charge in [-0.2, -0.15) is 5.10 Å². The molecule has 0 saturated carbocycles. The number of aryl methyl sites for hydroxylation is 1. The number of sulfonamides is 1. The van der Waals surface area contributed by atoms with Crippen molar-refractivity contribution in [3.63, 3.8) is 0 Å². The lowest BCUT2D eigenvalue weighted by atomic mass is 9.90. The normalized spacial score (nSPS) is 18.3. The molecule has 3 aromatic rings. The maximum atomic E-state index is 13.6. The number of carbonyl (C=O) groups is 1. The van der Waals surface area contributed by atoms with Crippen LogP contribution in [-0.4, -0.2) is 26.6 Å². The van der Waals surface area contributed by atoms with Crippen molar-refractivity contribution in [2.24, 2.45) is 11.0 Å². The van der Waals surface area contributed by atoms with Crippen LogP contribution in [-0.2, 0) is 14.8 Å². The fourth-order valence-electron chi connectivity index (χ4n) is 4.32. The Balaban J connectivity index is 1.61. The number of anilines is 2. The van der Waals surface area contributed by atoms with E-state index >= 15 is 0 Å². The second-order valence-corrected chi connectivity index (χ2v) is 10.6. The number of rotatable bonds is 3. The summed E-state index contributed by atoms with van der Waals surface area (Å²) >= 11 is 6.00. The van der Waals surface area contributed by atoms with Gasteiger partial charge in [0.1, 0.15) is 0 Å². The Hall–Kier alpha value is -3.16. The number of nitrogens with zero attached hydrogens (tertiary/aromatic N) is 3. The Morgan fingerprint density at radius 2 is 1.67 bits per heavy atom. The summed E-state index contributed by atoms with van der Waals surface area (Å²) < 4.78 is 28.6. The largest absolute Gasteiger partial charge is 0.273 e. The molecule has 0 spiro atoms. The third-order valence-corrected chi connectivity index (χ3v) is 8.14. The molecule has 168 valence electrons. The van der Waals surface area contributed by atoms with Crippen LogP contribution in [0, 0.1) is 12.8 Å². The van der Waals surface area contributed by atoms with E-state index in [-0.39, 0.29) is 29.7 Å². The summed E-state index contributed by atoms with van der Waals surface area (Å²) in [5.74, 6) is -0.293. The average molecular weight is 480 g/mol. The zero-order chi connectivity index (χ0) is 23.2. The van der Waals surface area contributed by atoms with E-state index in [0.29, 0.717) is 22.8 Å². The lowest BCUT2D eigenvalue weighted by Gasteiger charge is -2.28. The Morgan fingerprint density at radius 1 is 0.970 bits per heavy atom. The van der Waals surface area contributed by atoms with Crippen molar-refractivity contribution in [3.05, 3.63) is 88.9 Å². The topological polar surface area (TPSA) is 70.1 Å². The lowest BCUT2D eigenvalue weighted by Crippen LogP contribution is -2.37. The van der Waals surface area contributed by atoms with Gasteiger partial charge in [0.2, 0.25) is 5.91 Å². The van der Waals surface area contributed by atoms with Crippen molar-refractivity contribution in [2.45, 2.75) is 24.7 Å². The highest BCUT2D eigenvalue weighted by molar-refractivity contribution is 7.92. The molecule has 1 unspecified atom stereocenters. The number of amides is 1. The molecule has 0 bridgehead atoms. The first-order valence-corrected chi connectivity index (χ1v) is 12.5. The van der Waals surface area contributed by atoms with Crippen molar-refractivity contribution in [1.29, 1.82) is 0 Å². The maximum absolute atomic E-state index is 13.6. The Kier molecular flexibility index (Phi) is 5.46. The standard InChI is InChI=1S/C25H22ClN3O3S/c1-17-6-12-21(13-7-17)33(31,32)28-15-14-18-16-24(30)29(20-10-8-19(26)9-11-20)27-25(18)22-4-2-3-5-23(22)28/h2-13,18H,14-16H2,1H3. The van der Waals surface area contributed by atoms with Crippen molar-refractivity contribution < 1.29 is 13.2 Å². The van der Waals surface area contributed by atoms with E-state index in [1.165, 1.54) is 9.31 Å². The molecule has 2 aliphatic rings. The number of para-hydroxylation sites is 1. The van der Waals surface area contributed by atoms with E-state index in [0.717, 1.165) is 16.8 Å². The maximum Gasteiger partial charge on any atom is 0.264 e. The first-order valence-electron chi connectivity index (χ1n) is 10.7. The van der Waals surface area contributed by atoms with Crippen LogP contribution in [0.2, 0.25) is 5.02 Å². The van der Waals surface area contributed by atoms with E-state index in [2.05, 4.69) is 0 Å². The smallest absolute Gasteiger partial charge is 0.264 e. The minimum absolute atomic E-state index is 0.126. The SMILES string of the molecule is Cc1ccc(S(=O)(=O)N2CCC3CC(=O)N(c4ccc(Cl)cc4)N=C3c3ccccc32)cc1. The Bertz CT molecular complexity index is 1350. The van der Waals surface area contributed by atoms with Crippen LogP contribution in [0.1, 0.15) is 24.0 Å². The third kappa shape index (κ3) is 3.92. The van der Waals surface area contributed by atoms with Crippen molar-refractivity contribution >= 4 is 44.6 Å². The predicted octanol–water partition coefficient (Wildman–Crippen LogP) is 5.00. The van der Waals surface area contributed by atoms with Crippen LogP contribution in [0.25, 0.3) is 0 Å². The molecule has 0 aliphatic carbocycles. The summed E-state index contributed by atoms with van der Waals surface area (Å²) in [5.41, 5.74) is 3.64. The molecule has 5 rings (SSSR count). The fraction of sp³-hybridized carbons (Fsp3) is 0.200. The molecule has 3 aromatic carbocycles. The number of hydrogen-bond donors (Lipinski definition) is 0. The molecule has 1 atom stereocenters. The molecule has 0 saturated heterocycles. The second-order valence-electron chi connectivity index (χ2n) is 8.26. The van der Waals surface area contributed by atoms with Crippen LogP contribution < -0.4 is 9.31 Å². The fourth-order valence-corrected chi connectivity index (χ4v) is 5.95. The van der Waals surface area contributed by atoms with Crippen LogP contribution >= 0.6 is 11.6 Å². The van der Waals surface area contributed by atoms with Gasteiger partial charge in [-0.3, -0.25) is 9.10 Å². The van der Waals surface area contributed by atoms with Gasteiger partial charge >= 0.3 is 0 Å². The van der Waals surface area contributed by atoms with Gasteiger partial charge < -0.3 is 0 Å². The molecule has 0 aromatic heterocycles. The van der Waals surface area contributed by atoms with Gasteiger partial charge in [0.05, 0.1) is 22.0 Å². The van der Waals surface area contributed by atoms with E-state index in [1.807, 2.05) is 25.1 Å². The monoisotopic (exact) mass is 479 g/mol. The molecule has 6 nitrogen and oxygen atoms in total. The van der Waals surface area contributed by atoms with Gasteiger partial charge in [-0.25, -0.2) is 13.4 Å². The van der Waals surface area contributed by atoms with Crippen molar-refractivity contribution in [1.82, 2.24) is 0 Å². The van der Waals surface area contributed by atoms with Crippen molar-refractivity contribution in [3.8, 4) is 0 Å². The molecule has 2 aliphatic heterocycles. The quantitative estimate of drug-likeness (QED) is 0.530. The van der Waals surface area contributed by atoms with E-state index in [4.69, 9.17) is 16.7 Å². The Morgan fingerprint density at radius 3 is 2.39 bits per heavy atom. The van der Waals surface area contributed by atoms with E-state index in [9.17, 15) is 13.2 Å². The van der Waals surface area contributed by atoms with E-state index in [1.54, 1.807) is 54.6 Å². The van der Waals surface area contributed by atoms with Gasteiger partial charge in [0.15, 0.2) is 0 Å². The van der Waals surface area contributed by atoms with Crippen LogP contribution in [0.3, 0.4) is 0 Å². The Labute approximate surface area is 198 Å². The summed E-state index contributed by atoms with van der Waals surface area (Å²) in [6, 6.07) is 21.2. The zero-order valence-electron chi connectivity index (χ0n) is 18.0. The minimum atomic E-state index is -3.78.